The number of carbonyl (C=O) groups is 1. The highest BCUT2D eigenvalue weighted by molar-refractivity contribution is 7.90. The Bertz CT molecular complexity index is 1810. The molecule has 2 heterocycles. The normalized spacial score (nSPS) is 18.5. The first-order valence-corrected chi connectivity index (χ1v) is 14.6. The number of halogens is 5. The van der Waals surface area contributed by atoms with Crippen molar-refractivity contribution >= 4 is 50.0 Å². The number of amides is 1. The van der Waals surface area contributed by atoms with Crippen LogP contribution in [-0.4, -0.2) is 25.5 Å². The molecule has 12 heteroatoms. The fourth-order valence-corrected chi connectivity index (χ4v) is 6.92. The predicted molar refractivity (Wildman–Crippen MR) is 143 cm³/mol. The van der Waals surface area contributed by atoms with E-state index in [9.17, 15) is 26.4 Å². The van der Waals surface area contributed by atoms with Crippen molar-refractivity contribution in [3.8, 4) is 0 Å². The van der Waals surface area contributed by atoms with Gasteiger partial charge in [-0.1, -0.05) is 29.3 Å². The van der Waals surface area contributed by atoms with Crippen LogP contribution in [0.5, 0.6) is 0 Å². The molecule has 0 radical (unpaired) electrons. The molecular weight excluding hydrogens is 588 g/mol. The third-order valence-corrected chi connectivity index (χ3v) is 9.34. The van der Waals surface area contributed by atoms with Gasteiger partial charge in [0.2, 0.25) is 5.91 Å². The third kappa shape index (κ3) is 4.87. The number of ether oxygens (including phenoxy) is 1. The van der Waals surface area contributed by atoms with Crippen LogP contribution in [0.3, 0.4) is 0 Å². The van der Waals surface area contributed by atoms with Gasteiger partial charge in [-0.15, -0.1) is 0 Å². The number of benzene rings is 3. The number of hydrogen-bond acceptors (Lipinski definition) is 4. The zero-order valence-electron chi connectivity index (χ0n) is 20.7. The molecule has 1 saturated carbocycles. The highest BCUT2D eigenvalue weighted by atomic mass is 35.5. The van der Waals surface area contributed by atoms with E-state index in [-0.39, 0.29) is 6.42 Å². The summed E-state index contributed by atoms with van der Waals surface area (Å²) in [6.45, 7) is 1.16. The van der Waals surface area contributed by atoms with Crippen LogP contribution >= 0.6 is 23.2 Å². The van der Waals surface area contributed by atoms with E-state index in [1.807, 2.05) is 10.8 Å². The molecule has 1 amide bonds. The summed E-state index contributed by atoms with van der Waals surface area (Å²) in [5.74, 6) is -5.08. The summed E-state index contributed by atoms with van der Waals surface area (Å²) in [4.78, 5) is 12.4. The fraction of sp³-hybridized carbons (Fsp3) is 0.250. The third-order valence-electron chi connectivity index (χ3n) is 7.41. The number of rotatable bonds is 6. The second kappa shape index (κ2) is 10.1. The van der Waals surface area contributed by atoms with Crippen molar-refractivity contribution in [3.63, 3.8) is 0 Å². The van der Waals surface area contributed by atoms with Crippen molar-refractivity contribution < 1.29 is 31.1 Å². The topological polar surface area (TPSA) is 77.4 Å². The van der Waals surface area contributed by atoms with Crippen LogP contribution in [0.4, 0.5) is 13.2 Å². The minimum atomic E-state index is -4.45. The van der Waals surface area contributed by atoms with Crippen LogP contribution in [0.15, 0.2) is 53.4 Å². The van der Waals surface area contributed by atoms with E-state index in [2.05, 4.69) is 4.57 Å². The van der Waals surface area contributed by atoms with Gasteiger partial charge < -0.3 is 9.30 Å². The minimum absolute atomic E-state index is 0.283. The minimum Gasteiger partial charge on any atom is -0.376 e. The number of hydrogen-bond donors (Lipinski definition) is 1. The van der Waals surface area contributed by atoms with Gasteiger partial charge in [0, 0.05) is 45.6 Å². The van der Waals surface area contributed by atoms with Crippen molar-refractivity contribution in [2.75, 3.05) is 6.61 Å². The molecule has 0 saturated heterocycles. The Morgan fingerprint density at radius 3 is 2.60 bits per heavy atom. The summed E-state index contributed by atoms with van der Waals surface area (Å²) in [5, 5.41) is 1.63. The Labute approximate surface area is 237 Å². The molecule has 2 aliphatic rings. The van der Waals surface area contributed by atoms with Crippen molar-refractivity contribution in [3.05, 3.63) is 98.4 Å². The molecule has 1 aliphatic carbocycles. The maximum atomic E-state index is 14.9. The van der Waals surface area contributed by atoms with Gasteiger partial charge in [-0.2, -0.15) is 0 Å². The number of sulfonamides is 1. The van der Waals surface area contributed by atoms with Gasteiger partial charge in [0.05, 0.1) is 23.6 Å². The molecule has 3 aromatic carbocycles. The molecule has 4 aromatic rings. The lowest BCUT2D eigenvalue weighted by Crippen LogP contribution is -2.32. The number of carbonyl (C=O) groups excluding carboxylic acids is 1. The molecule has 2 atom stereocenters. The highest BCUT2D eigenvalue weighted by Gasteiger charge is 2.47. The van der Waals surface area contributed by atoms with Gasteiger partial charge in [0.1, 0.15) is 5.82 Å². The van der Waals surface area contributed by atoms with Crippen LogP contribution in [-0.2, 0) is 39.1 Å². The lowest BCUT2D eigenvalue weighted by atomic mass is 10.0. The van der Waals surface area contributed by atoms with E-state index in [0.29, 0.717) is 59.3 Å². The van der Waals surface area contributed by atoms with Crippen molar-refractivity contribution in [2.24, 2.45) is 5.92 Å². The first-order valence-electron chi connectivity index (χ1n) is 12.4. The first kappa shape index (κ1) is 27.1. The molecule has 0 bridgehead atoms. The Morgan fingerprint density at radius 1 is 1.05 bits per heavy atom. The average Bonchev–Trinajstić information content (AvgIpc) is 3.65. The van der Waals surface area contributed by atoms with E-state index in [1.54, 1.807) is 12.1 Å². The van der Waals surface area contributed by atoms with Crippen molar-refractivity contribution in [1.29, 1.82) is 0 Å². The van der Waals surface area contributed by atoms with Crippen molar-refractivity contribution in [2.45, 2.75) is 36.8 Å². The zero-order chi connectivity index (χ0) is 28.3. The van der Waals surface area contributed by atoms with Gasteiger partial charge in [-0.25, -0.2) is 26.3 Å². The van der Waals surface area contributed by atoms with E-state index in [0.717, 1.165) is 28.4 Å². The van der Waals surface area contributed by atoms with Crippen LogP contribution in [0.1, 0.15) is 34.7 Å². The lowest BCUT2D eigenvalue weighted by Gasteiger charge is -2.18. The summed E-state index contributed by atoms with van der Waals surface area (Å²) in [6, 6.07) is 10.1. The Kier molecular flexibility index (Phi) is 6.85. The average molecular weight is 609 g/mol. The Morgan fingerprint density at radius 2 is 1.85 bits per heavy atom. The van der Waals surface area contributed by atoms with E-state index in [4.69, 9.17) is 27.9 Å². The maximum absolute atomic E-state index is 14.9. The second-order valence-electron chi connectivity index (χ2n) is 9.94. The molecule has 1 fully saturated rings. The van der Waals surface area contributed by atoms with Crippen LogP contribution in [0.25, 0.3) is 10.9 Å². The lowest BCUT2D eigenvalue weighted by molar-refractivity contribution is -0.120. The summed E-state index contributed by atoms with van der Waals surface area (Å²) >= 11 is 12.6. The Hall–Kier alpha value is -3.05. The molecule has 1 aromatic heterocycles. The second-order valence-corrected chi connectivity index (χ2v) is 12.5. The first-order chi connectivity index (χ1) is 19.0. The molecule has 6 rings (SSSR count). The maximum Gasteiger partial charge on any atom is 0.264 e. The van der Waals surface area contributed by atoms with Gasteiger partial charge >= 0.3 is 0 Å². The summed E-state index contributed by atoms with van der Waals surface area (Å²) < 4.78 is 76.9. The molecule has 208 valence electrons. The highest BCUT2D eigenvalue weighted by Crippen LogP contribution is 2.51. The summed E-state index contributed by atoms with van der Waals surface area (Å²) in [6.07, 6.45) is 0.878. The molecule has 2 unspecified atom stereocenters. The van der Waals surface area contributed by atoms with E-state index in [1.165, 1.54) is 12.1 Å². The van der Waals surface area contributed by atoms with Gasteiger partial charge in [-0.3, -0.25) is 4.79 Å². The molecule has 1 N–H and O–H groups in total. The smallest absolute Gasteiger partial charge is 0.264 e. The summed E-state index contributed by atoms with van der Waals surface area (Å²) in [5.41, 5.74) is 3.93. The molecule has 6 nitrogen and oxygen atoms in total. The van der Waals surface area contributed by atoms with E-state index >= 15 is 0 Å². The van der Waals surface area contributed by atoms with Crippen LogP contribution in [0, 0.1) is 23.4 Å². The number of nitrogens with one attached hydrogen (secondary N) is 1. The summed E-state index contributed by atoms with van der Waals surface area (Å²) in [7, 11) is -4.45. The van der Waals surface area contributed by atoms with Gasteiger partial charge in [-0.05, 0) is 65.9 Å². The zero-order valence-corrected chi connectivity index (χ0v) is 23.0. The molecule has 40 heavy (non-hydrogen) atoms. The SMILES string of the molecule is O=C(NS(=O)(=O)c1ccc(F)c(F)c1)C1CC1c1cc(F)cc2c3c(n(Cc4ccc(Cl)cc4Cl)c12)CCOC3. The molecule has 0 spiro atoms. The fourth-order valence-electron chi connectivity index (χ4n) is 5.41. The van der Waals surface area contributed by atoms with Gasteiger partial charge in [0.15, 0.2) is 11.6 Å². The molecular formula is C28H21Cl2F3N2O4S. The van der Waals surface area contributed by atoms with E-state index < -0.39 is 50.1 Å². The number of nitrogens with zero attached hydrogens (tertiary/aromatic N) is 1. The Balaban J connectivity index is 1.36. The number of fused-ring (bicyclic) bond motifs is 3. The molecule has 1 aliphatic heterocycles. The monoisotopic (exact) mass is 608 g/mol. The van der Waals surface area contributed by atoms with Crippen molar-refractivity contribution in [1.82, 2.24) is 9.29 Å². The largest absolute Gasteiger partial charge is 0.376 e. The van der Waals surface area contributed by atoms with Crippen LogP contribution in [0.2, 0.25) is 10.0 Å². The quantitative estimate of drug-likeness (QED) is 0.287. The predicted octanol–water partition coefficient (Wildman–Crippen LogP) is 6.10. The standard InChI is InChI=1S/C28H21Cl2F3N2O4S/c29-15-2-1-14(23(30)7-15)12-35-26-5-6-39-13-22(26)20-9-16(31)8-19(27(20)35)18-11-21(18)28(36)34-40(37,38)17-3-4-24(32)25(33)10-17/h1-4,7-10,18,21H,5-6,11-13H2,(H,34,36). The number of aromatic nitrogens is 1. The van der Waals surface area contributed by atoms with Gasteiger partial charge in [0.25, 0.3) is 10.0 Å². The van der Waals surface area contributed by atoms with Crippen LogP contribution < -0.4 is 4.72 Å².